The number of benzene rings is 3. The van der Waals surface area contributed by atoms with Crippen LogP contribution >= 0.6 is 0 Å². The minimum atomic E-state index is -0.235. The van der Waals surface area contributed by atoms with Gasteiger partial charge in [0.15, 0.2) is 0 Å². The second-order valence-corrected chi connectivity index (χ2v) is 6.71. The van der Waals surface area contributed by atoms with Crippen molar-refractivity contribution in [2.45, 2.75) is 20.1 Å². The zero-order chi connectivity index (χ0) is 20.3. The molecule has 0 aliphatic rings. The molecule has 29 heavy (non-hydrogen) atoms. The molecule has 150 valence electrons. The first-order valence-electron chi connectivity index (χ1n) is 9.64. The maximum Gasteiger partial charge on any atom is 0.319 e. The van der Waals surface area contributed by atoms with Crippen LogP contribution in [0.25, 0.3) is 0 Å². The molecule has 0 aliphatic heterocycles. The average molecular weight is 390 g/mol. The fourth-order valence-electron chi connectivity index (χ4n) is 2.84. The number of hydrogen-bond acceptors (Lipinski definition) is 3. The Labute approximate surface area is 171 Å². The van der Waals surface area contributed by atoms with Gasteiger partial charge in [0.1, 0.15) is 12.4 Å². The van der Waals surface area contributed by atoms with Crippen LogP contribution in [0.4, 0.5) is 10.5 Å². The summed E-state index contributed by atoms with van der Waals surface area (Å²) in [6.07, 6.45) is 0. The molecule has 0 fully saturated rings. The van der Waals surface area contributed by atoms with E-state index in [4.69, 9.17) is 9.47 Å². The summed E-state index contributed by atoms with van der Waals surface area (Å²) in [5.41, 5.74) is 3.96. The third-order valence-electron chi connectivity index (χ3n) is 4.23. The van der Waals surface area contributed by atoms with Crippen LogP contribution in [-0.4, -0.2) is 19.2 Å². The van der Waals surface area contributed by atoms with Gasteiger partial charge in [-0.05, 0) is 42.3 Å². The molecule has 0 atom stereocenters. The molecule has 2 amide bonds. The molecule has 3 rings (SSSR count). The molecule has 3 aromatic carbocycles. The van der Waals surface area contributed by atoms with Crippen LogP contribution in [0.15, 0.2) is 78.9 Å². The summed E-state index contributed by atoms with van der Waals surface area (Å²) in [5.74, 6) is 0.832. The lowest BCUT2D eigenvalue weighted by Gasteiger charge is -2.10. The topological polar surface area (TPSA) is 59.6 Å². The summed E-state index contributed by atoms with van der Waals surface area (Å²) in [7, 11) is 0. The summed E-state index contributed by atoms with van der Waals surface area (Å²) in [6, 6.07) is 25.1. The van der Waals surface area contributed by atoms with Gasteiger partial charge in [-0.15, -0.1) is 0 Å². The SMILES string of the molecule is Cc1cccc(CNC(=O)Nc2cccc(COCCOc3ccccc3)c2)c1. The van der Waals surface area contributed by atoms with Gasteiger partial charge >= 0.3 is 6.03 Å². The summed E-state index contributed by atoms with van der Waals surface area (Å²) in [6.45, 7) is 3.95. The molecular formula is C24H26N2O3. The van der Waals surface area contributed by atoms with Gasteiger partial charge in [-0.1, -0.05) is 60.2 Å². The Bertz CT molecular complexity index is 913. The number of rotatable bonds is 9. The lowest BCUT2D eigenvalue weighted by Crippen LogP contribution is -2.28. The molecule has 0 unspecified atom stereocenters. The molecule has 0 saturated carbocycles. The lowest BCUT2D eigenvalue weighted by atomic mass is 10.1. The molecule has 0 radical (unpaired) electrons. The first-order chi connectivity index (χ1) is 14.2. The zero-order valence-corrected chi connectivity index (χ0v) is 16.6. The van der Waals surface area contributed by atoms with Crippen molar-refractivity contribution in [3.05, 3.63) is 95.6 Å². The van der Waals surface area contributed by atoms with Crippen molar-refractivity contribution >= 4 is 11.7 Å². The monoisotopic (exact) mass is 390 g/mol. The van der Waals surface area contributed by atoms with Crippen LogP contribution < -0.4 is 15.4 Å². The summed E-state index contributed by atoms with van der Waals surface area (Å²) in [4.78, 5) is 12.1. The second-order valence-electron chi connectivity index (χ2n) is 6.71. The van der Waals surface area contributed by atoms with Gasteiger partial charge in [-0.3, -0.25) is 0 Å². The number of aryl methyl sites for hydroxylation is 1. The van der Waals surface area contributed by atoms with Crippen molar-refractivity contribution in [2.75, 3.05) is 18.5 Å². The first-order valence-corrected chi connectivity index (χ1v) is 9.64. The largest absolute Gasteiger partial charge is 0.491 e. The van der Waals surface area contributed by atoms with E-state index >= 15 is 0 Å². The Morgan fingerprint density at radius 2 is 1.66 bits per heavy atom. The third kappa shape index (κ3) is 7.31. The number of nitrogens with one attached hydrogen (secondary N) is 2. The Kier molecular flexibility index (Phi) is 7.66. The van der Waals surface area contributed by atoms with Crippen LogP contribution in [0.5, 0.6) is 5.75 Å². The number of carbonyl (C=O) groups is 1. The van der Waals surface area contributed by atoms with Gasteiger partial charge < -0.3 is 20.1 Å². The van der Waals surface area contributed by atoms with E-state index in [0.717, 1.165) is 22.6 Å². The van der Waals surface area contributed by atoms with Gasteiger partial charge in [0.05, 0.1) is 13.2 Å². The maximum absolute atomic E-state index is 12.1. The molecule has 0 heterocycles. The maximum atomic E-state index is 12.1. The van der Waals surface area contributed by atoms with E-state index < -0.39 is 0 Å². The minimum absolute atomic E-state index is 0.235. The number of anilines is 1. The van der Waals surface area contributed by atoms with E-state index in [-0.39, 0.29) is 6.03 Å². The molecule has 3 aromatic rings. The molecule has 0 aliphatic carbocycles. The van der Waals surface area contributed by atoms with Crippen molar-refractivity contribution in [2.24, 2.45) is 0 Å². The highest BCUT2D eigenvalue weighted by Crippen LogP contribution is 2.12. The van der Waals surface area contributed by atoms with Gasteiger partial charge in [0, 0.05) is 12.2 Å². The molecule has 0 spiro atoms. The van der Waals surface area contributed by atoms with Crippen LogP contribution in [0.1, 0.15) is 16.7 Å². The van der Waals surface area contributed by atoms with Crippen molar-refractivity contribution in [1.29, 1.82) is 0 Å². The Morgan fingerprint density at radius 1 is 0.862 bits per heavy atom. The standard InChI is InChI=1S/C24H26N2O3/c1-19-7-5-8-20(15-19)17-25-24(27)26-22-10-6-9-21(16-22)18-28-13-14-29-23-11-3-2-4-12-23/h2-12,15-16H,13-14,17-18H2,1H3,(H2,25,26,27). The molecule has 0 bridgehead atoms. The number of carbonyl (C=O) groups excluding carboxylic acids is 1. The van der Waals surface area contributed by atoms with E-state index in [1.54, 1.807) is 0 Å². The number of ether oxygens (including phenoxy) is 2. The Hall–Kier alpha value is -3.31. The summed E-state index contributed by atoms with van der Waals surface area (Å²) >= 11 is 0. The molecule has 2 N–H and O–H groups in total. The van der Waals surface area contributed by atoms with E-state index in [0.29, 0.717) is 26.4 Å². The fraction of sp³-hybridized carbons (Fsp3) is 0.208. The minimum Gasteiger partial charge on any atom is -0.491 e. The van der Waals surface area contributed by atoms with Crippen molar-refractivity contribution in [1.82, 2.24) is 5.32 Å². The van der Waals surface area contributed by atoms with E-state index in [9.17, 15) is 4.79 Å². The molecule has 0 saturated heterocycles. The quantitative estimate of drug-likeness (QED) is 0.510. The van der Waals surface area contributed by atoms with Crippen LogP contribution in [-0.2, 0) is 17.9 Å². The van der Waals surface area contributed by atoms with Crippen molar-refractivity contribution < 1.29 is 14.3 Å². The molecule has 5 heteroatoms. The Balaban J connectivity index is 1.38. The van der Waals surface area contributed by atoms with Crippen LogP contribution in [0, 0.1) is 6.92 Å². The second kappa shape index (κ2) is 10.9. The Morgan fingerprint density at radius 3 is 2.48 bits per heavy atom. The zero-order valence-electron chi connectivity index (χ0n) is 16.6. The molecule has 0 aromatic heterocycles. The van der Waals surface area contributed by atoms with Gasteiger partial charge in [-0.2, -0.15) is 0 Å². The average Bonchev–Trinajstić information content (AvgIpc) is 2.73. The van der Waals surface area contributed by atoms with Crippen molar-refractivity contribution in [3.8, 4) is 5.75 Å². The van der Waals surface area contributed by atoms with E-state index in [2.05, 4.69) is 16.7 Å². The number of hydrogen-bond donors (Lipinski definition) is 2. The normalized spacial score (nSPS) is 10.4. The van der Waals surface area contributed by atoms with Crippen LogP contribution in [0.2, 0.25) is 0 Å². The van der Waals surface area contributed by atoms with E-state index in [1.807, 2.05) is 79.7 Å². The van der Waals surface area contributed by atoms with Gasteiger partial charge in [-0.25, -0.2) is 4.79 Å². The van der Waals surface area contributed by atoms with Crippen LogP contribution in [0.3, 0.4) is 0 Å². The highest BCUT2D eigenvalue weighted by molar-refractivity contribution is 5.89. The molecular weight excluding hydrogens is 364 g/mol. The summed E-state index contributed by atoms with van der Waals surface area (Å²) < 4.78 is 11.3. The fourth-order valence-corrected chi connectivity index (χ4v) is 2.84. The predicted octanol–water partition coefficient (Wildman–Crippen LogP) is 4.91. The van der Waals surface area contributed by atoms with Gasteiger partial charge in [0.25, 0.3) is 0 Å². The van der Waals surface area contributed by atoms with E-state index in [1.165, 1.54) is 5.56 Å². The number of para-hydroxylation sites is 1. The van der Waals surface area contributed by atoms with Crippen molar-refractivity contribution in [3.63, 3.8) is 0 Å². The highest BCUT2D eigenvalue weighted by atomic mass is 16.5. The smallest absolute Gasteiger partial charge is 0.319 e. The first kappa shape index (κ1) is 20.4. The lowest BCUT2D eigenvalue weighted by molar-refractivity contribution is 0.0889. The number of urea groups is 1. The third-order valence-corrected chi connectivity index (χ3v) is 4.23. The summed E-state index contributed by atoms with van der Waals surface area (Å²) in [5, 5.41) is 5.73. The number of amides is 2. The molecule has 5 nitrogen and oxygen atoms in total. The highest BCUT2D eigenvalue weighted by Gasteiger charge is 2.03. The van der Waals surface area contributed by atoms with Gasteiger partial charge in [0.2, 0.25) is 0 Å². The predicted molar refractivity (Wildman–Crippen MR) is 115 cm³/mol.